The predicted octanol–water partition coefficient (Wildman–Crippen LogP) is 3.69. The standard InChI is InChI=1S/C14H14Br2N2O2/c1-19-12-5-11(16)13(6-10(12)15)20-14(7-17)9-3-2-4-18-8-9/h2-6,8,14H,7,17H2,1H3. The second kappa shape index (κ2) is 7.06. The second-order valence-electron chi connectivity index (χ2n) is 4.05. The van der Waals surface area contributed by atoms with Gasteiger partial charge in [0.05, 0.1) is 16.1 Å². The minimum atomic E-state index is -0.250. The molecular weight excluding hydrogens is 388 g/mol. The van der Waals surface area contributed by atoms with Gasteiger partial charge in [-0.1, -0.05) is 6.07 Å². The summed E-state index contributed by atoms with van der Waals surface area (Å²) in [5.41, 5.74) is 6.73. The maximum atomic E-state index is 5.96. The van der Waals surface area contributed by atoms with Crippen LogP contribution < -0.4 is 15.2 Å². The zero-order valence-electron chi connectivity index (χ0n) is 10.8. The summed E-state index contributed by atoms with van der Waals surface area (Å²) in [6.07, 6.45) is 3.22. The fourth-order valence-corrected chi connectivity index (χ4v) is 2.63. The van der Waals surface area contributed by atoms with Crippen molar-refractivity contribution in [1.82, 2.24) is 4.98 Å². The molecule has 0 aliphatic rings. The maximum Gasteiger partial charge on any atom is 0.137 e. The molecule has 0 saturated carbocycles. The first-order valence-corrected chi connectivity index (χ1v) is 7.54. The Kier molecular flexibility index (Phi) is 5.39. The third-order valence-corrected chi connectivity index (χ3v) is 3.99. The summed E-state index contributed by atoms with van der Waals surface area (Å²) in [5, 5.41) is 0. The Balaban J connectivity index is 2.26. The van der Waals surface area contributed by atoms with Crippen LogP contribution in [0.1, 0.15) is 11.7 Å². The van der Waals surface area contributed by atoms with E-state index >= 15 is 0 Å². The molecule has 0 saturated heterocycles. The number of ether oxygens (including phenoxy) is 2. The van der Waals surface area contributed by atoms with Crippen LogP contribution in [0.2, 0.25) is 0 Å². The zero-order valence-corrected chi connectivity index (χ0v) is 14.0. The van der Waals surface area contributed by atoms with E-state index in [4.69, 9.17) is 15.2 Å². The van der Waals surface area contributed by atoms with Crippen molar-refractivity contribution in [3.8, 4) is 11.5 Å². The summed E-state index contributed by atoms with van der Waals surface area (Å²) in [7, 11) is 1.62. The molecule has 1 aromatic carbocycles. The minimum absolute atomic E-state index is 0.250. The van der Waals surface area contributed by atoms with Crippen LogP contribution in [0.5, 0.6) is 11.5 Å². The molecule has 2 aromatic rings. The van der Waals surface area contributed by atoms with Crippen LogP contribution in [-0.2, 0) is 0 Å². The highest BCUT2D eigenvalue weighted by molar-refractivity contribution is 9.11. The summed E-state index contributed by atoms with van der Waals surface area (Å²) in [6, 6.07) is 7.50. The molecule has 1 atom stereocenters. The number of nitrogens with two attached hydrogens (primary N) is 1. The second-order valence-corrected chi connectivity index (χ2v) is 5.75. The number of rotatable bonds is 5. The molecule has 0 radical (unpaired) electrons. The highest BCUT2D eigenvalue weighted by atomic mass is 79.9. The Morgan fingerprint density at radius 2 is 1.95 bits per heavy atom. The lowest BCUT2D eigenvalue weighted by Gasteiger charge is -2.19. The van der Waals surface area contributed by atoms with Crippen molar-refractivity contribution in [2.75, 3.05) is 13.7 Å². The molecule has 0 bridgehead atoms. The molecule has 0 spiro atoms. The monoisotopic (exact) mass is 400 g/mol. The van der Waals surface area contributed by atoms with E-state index in [1.807, 2.05) is 24.3 Å². The topological polar surface area (TPSA) is 57.4 Å². The Bertz CT molecular complexity index is 579. The number of methoxy groups -OCH3 is 1. The molecule has 4 nitrogen and oxygen atoms in total. The highest BCUT2D eigenvalue weighted by Gasteiger charge is 2.15. The van der Waals surface area contributed by atoms with Crippen LogP contribution >= 0.6 is 31.9 Å². The Morgan fingerprint density at radius 1 is 1.25 bits per heavy atom. The van der Waals surface area contributed by atoms with Gasteiger partial charge in [-0.2, -0.15) is 0 Å². The van der Waals surface area contributed by atoms with Crippen LogP contribution in [0.15, 0.2) is 45.6 Å². The van der Waals surface area contributed by atoms with Crippen molar-refractivity contribution in [3.63, 3.8) is 0 Å². The first-order valence-electron chi connectivity index (χ1n) is 5.95. The largest absolute Gasteiger partial charge is 0.496 e. The van der Waals surface area contributed by atoms with E-state index < -0.39 is 0 Å². The molecule has 1 unspecified atom stereocenters. The van der Waals surface area contributed by atoms with E-state index in [0.717, 1.165) is 20.3 Å². The molecule has 0 aliphatic carbocycles. The summed E-state index contributed by atoms with van der Waals surface area (Å²) >= 11 is 6.91. The molecule has 1 heterocycles. The van der Waals surface area contributed by atoms with Gasteiger partial charge in [-0.3, -0.25) is 4.98 Å². The lowest BCUT2D eigenvalue weighted by atomic mass is 10.1. The average molecular weight is 402 g/mol. The summed E-state index contributed by atoms with van der Waals surface area (Å²) < 4.78 is 12.8. The molecule has 1 aromatic heterocycles. The molecular formula is C14H14Br2N2O2. The number of hydrogen-bond donors (Lipinski definition) is 1. The molecule has 0 aliphatic heterocycles. The van der Waals surface area contributed by atoms with Gasteiger partial charge in [-0.05, 0) is 50.1 Å². The summed E-state index contributed by atoms with van der Waals surface area (Å²) in [6.45, 7) is 0.363. The molecule has 20 heavy (non-hydrogen) atoms. The number of halogens is 2. The summed E-state index contributed by atoms with van der Waals surface area (Å²) in [4.78, 5) is 4.09. The van der Waals surface area contributed by atoms with Gasteiger partial charge in [-0.15, -0.1) is 0 Å². The van der Waals surface area contributed by atoms with E-state index in [0.29, 0.717) is 12.3 Å². The van der Waals surface area contributed by atoms with Crippen LogP contribution in [0.3, 0.4) is 0 Å². The smallest absolute Gasteiger partial charge is 0.137 e. The van der Waals surface area contributed by atoms with Crippen LogP contribution in [-0.4, -0.2) is 18.6 Å². The van der Waals surface area contributed by atoms with E-state index in [9.17, 15) is 0 Å². The van der Waals surface area contributed by atoms with Gasteiger partial charge in [0.25, 0.3) is 0 Å². The van der Waals surface area contributed by atoms with Gasteiger partial charge >= 0.3 is 0 Å². The normalized spacial score (nSPS) is 12.0. The minimum Gasteiger partial charge on any atom is -0.496 e. The van der Waals surface area contributed by atoms with Crippen molar-refractivity contribution in [2.45, 2.75) is 6.10 Å². The molecule has 2 N–H and O–H groups in total. The van der Waals surface area contributed by atoms with Crippen molar-refractivity contribution in [2.24, 2.45) is 5.73 Å². The third kappa shape index (κ3) is 3.50. The average Bonchev–Trinajstić information content (AvgIpc) is 2.48. The zero-order chi connectivity index (χ0) is 14.5. The number of nitrogens with zero attached hydrogens (tertiary/aromatic N) is 1. The van der Waals surface area contributed by atoms with Crippen LogP contribution in [0.25, 0.3) is 0 Å². The molecule has 0 amide bonds. The van der Waals surface area contributed by atoms with Gasteiger partial charge in [0.2, 0.25) is 0 Å². The van der Waals surface area contributed by atoms with Gasteiger partial charge in [0.15, 0.2) is 0 Å². The number of benzene rings is 1. The van der Waals surface area contributed by atoms with Crippen LogP contribution in [0.4, 0.5) is 0 Å². The van der Waals surface area contributed by atoms with E-state index in [2.05, 4.69) is 36.8 Å². The number of hydrogen-bond acceptors (Lipinski definition) is 4. The third-order valence-electron chi connectivity index (χ3n) is 2.75. The lowest BCUT2D eigenvalue weighted by Crippen LogP contribution is -2.18. The first-order chi connectivity index (χ1) is 9.65. The van der Waals surface area contributed by atoms with Gasteiger partial charge < -0.3 is 15.2 Å². The summed E-state index contributed by atoms with van der Waals surface area (Å²) in [5.74, 6) is 1.42. The fraction of sp³-hybridized carbons (Fsp3) is 0.214. The van der Waals surface area contributed by atoms with Crippen molar-refractivity contribution in [3.05, 3.63) is 51.2 Å². The number of aromatic nitrogens is 1. The van der Waals surface area contributed by atoms with Crippen molar-refractivity contribution >= 4 is 31.9 Å². The van der Waals surface area contributed by atoms with E-state index in [1.165, 1.54) is 0 Å². The van der Waals surface area contributed by atoms with Crippen molar-refractivity contribution in [1.29, 1.82) is 0 Å². The fourth-order valence-electron chi connectivity index (χ4n) is 1.73. The van der Waals surface area contributed by atoms with Crippen molar-refractivity contribution < 1.29 is 9.47 Å². The predicted molar refractivity (Wildman–Crippen MR) is 85.1 cm³/mol. The first kappa shape index (κ1) is 15.3. The molecule has 6 heteroatoms. The van der Waals surface area contributed by atoms with Gasteiger partial charge in [0.1, 0.15) is 17.6 Å². The lowest BCUT2D eigenvalue weighted by molar-refractivity contribution is 0.212. The Labute approximate surface area is 134 Å². The SMILES string of the molecule is COc1cc(Br)c(OC(CN)c2cccnc2)cc1Br. The van der Waals surface area contributed by atoms with Crippen LogP contribution in [0, 0.1) is 0 Å². The van der Waals surface area contributed by atoms with E-state index in [-0.39, 0.29) is 6.10 Å². The highest BCUT2D eigenvalue weighted by Crippen LogP contribution is 2.37. The van der Waals surface area contributed by atoms with Gasteiger partial charge in [-0.25, -0.2) is 0 Å². The quantitative estimate of drug-likeness (QED) is 0.829. The molecule has 106 valence electrons. The van der Waals surface area contributed by atoms with Gasteiger partial charge in [0, 0.05) is 24.5 Å². The maximum absolute atomic E-state index is 5.96. The van der Waals surface area contributed by atoms with E-state index in [1.54, 1.807) is 19.5 Å². The number of pyridine rings is 1. The molecule has 0 fully saturated rings. The molecule has 2 rings (SSSR count). The Morgan fingerprint density at radius 3 is 2.55 bits per heavy atom. The Hall–Kier alpha value is -1.11.